The molecule has 1 amide bonds. The lowest BCUT2D eigenvalue weighted by molar-refractivity contribution is -0.115. The average Bonchev–Trinajstić information content (AvgIpc) is 2.86. The Morgan fingerprint density at radius 2 is 2.35 bits per heavy atom. The van der Waals surface area contributed by atoms with Crippen LogP contribution in [-0.2, 0) is 17.6 Å². The van der Waals surface area contributed by atoms with E-state index < -0.39 is 0 Å². The Balaban J connectivity index is 1.81. The van der Waals surface area contributed by atoms with Crippen molar-refractivity contribution in [2.45, 2.75) is 45.6 Å². The molecule has 1 unspecified atom stereocenters. The zero-order valence-electron chi connectivity index (χ0n) is 10.4. The Morgan fingerprint density at radius 3 is 3.06 bits per heavy atom. The number of anilines is 1. The van der Waals surface area contributed by atoms with Crippen LogP contribution < -0.4 is 10.6 Å². The van der Waals surface area contributed by atoms with Crippen LogP contribution in [0.15, 0.2) is 0 Å². The van der Waals surface area contributed by atoms with Crippen LogP contribution in [0.1, 0.15) is 37.3 Å². The fraction of sp³-hybridized carbons (Fsp3) is 0.667. The molecule has 1 atom stereocenters. The summed E-state index contributed by atoms with van der Waals surface area (Å²) in [6.45, 7) is 4.53. The van der Waals surface area contributed by atoms with Crippen LogP contribution in [0.3, 0.4) is 0 Å². The number of rotatable bonds is 5. The Labute approximate surface area is 106 Å². The third kappa shape index (κ3) is 3.26. The number of carbonyl (C=O) groups excluding carboxylic acids is 1. The van der Waals surface area contributed by atoms with E-state index in [4.69, 9.17) is 0 Å². The number of hydrogen-bond acceptors (Lipinski definition) is 4. The van der Waals surface area contributed by atoms with E-state index in [1.165, 1.54) is 17.0 Å². The van der Waals surface area contributed by atoms with Crippen LogP contribution in [-0.4, -0.2) is 23.5 Å². The molecule has 94 valence electrons. The van der Waals surface area contributed by atoms with E-state index in [0.717, 1.165) is 24.4 Å². The topological polar surface area (TPSA) is 54.0 Å². The number of carbonyl (C=O) groups is 1. The van der Waals surface area contributed by atoms with E-state index in [1.807, 2.05) is 0 Å². The predicted octanol–water partition coefficient (Wildman–Crippen LogP) is 1.96. The van der Waals surface area contributed by atoms with E-state index in [1.54, 1.807) is 11.3 Å². The minimum absolute atomic E-state index is 0.00211. The summed E-state index contributed by atoms with van der Waals surface area (Å²) in [7, 11) is 0. The predicted molar refractivity (Wildman–Crippen MR) is 70.5 cm³/mol. The molecule has 0 radical (unpaired) electrons. The van der Waals surface area contributed by atoms with E-state index in [0.29, 0.717) is 12.6 Å². The van der Waals surface area contributed by atoms with Crippen LogP contribution in [0, 0.1) is 0 Å². The molecule has 1 aromatic rings. The fourth-order valence-corrected chi connectivity index (χ4v) is 2.88. The monoisotopic (exact) mass is 253 g/mol. The third-order valence-corrected chi connectivity index (χ3v) is 4.14. The van der Waals surface area contributed by atoms with Crippen LogP contribution in [0.2, 0.25) is 0 Å². The minimum atomic E-state index is -0.00211. The first kappa shape index (κ1) is 12.5. The minimum Gasteiger partial charge on any atom is -0.306 e. The number of fused-ring (bicyclic) bond motifs is 1. The highest BCUT2D eigenvalue weighted by Crippen LogP contribution is 2.30. The van der Waals surface area contributed by atoms with Crippen molar-refractivity contribution >= 4 is 22.4 Å². The maximum atomic E-state index is 11.7. The van der Waals surface area contributed by atoms with Crippen LogP contribution in [0.4, 0.5) is 5.13 Å². The standard InChI is InChI=1S/C12H19N3OS/c1-3-8(2)13-7-11(16)15-12-14-9-5-4-6-10(9)17-12/h8,13H,3-7H2,1-2H3,(H,14,15,16). The maximum absolute atomic E-state index is 11.7. The quantitative estimate of drug-likeness (QED) is 0.843. The number of hydrogen-bond donors (Lipinski definition) is 2. The Hall–Kier alpha value is -0.940. The molecule has 2 N–H and O–H groups in total. The molecular formula is C12H19N3OS. The molecule has 4 nitrogen and oxygen atoms in total. The molecule has 0 saturated carbocycles. The van der Waals surface area contributed by atoms with Crippen molar-refractivity contribution < 1.29 is 4.79 Å². The van der Waals surface area contributed by atoms with Gasteiger partial charge in [-0.05, 0) is 32.6 Å². The zero-order valence-corrected chi connectivity index (χ0v) is 11.2. The normalized spacial score (nSPS) is 15.6. The van der Waals surface area contributed by atoms with Crippen molar-refractivity contribution in [2.24, 2.45) is 0 Å². The van der Waals surface area contributed by atoms with Gasteiger partial charge in [0.15, 0.2) is 5.13 Å². The first-order valence-corrected chi connectivity index (χ1v) is 7.02. The average molecular weight is 253 g/mol. The number of aryl methyl sites for hydroxylation is 2. The van der Waals surface area contributed by atoms with E-state index in [9.17, 15) is 4.79 Å². The van der Waals surface area contributed by atoms with Crippen molar-refractivity contribution in [1.29, 1.82) is 0 Å². The van der Waals surface area contributed by atoms with E-state index in [-0.39, 0.29) is 5.91 Å². The molecule has 0 saturated heterocycles. The Kier molecular flexibility index (Phi) is 4.12. The van der Waals surface area contributed by atoms with Gasteiger partial charge in [-0.15, -0.1) is 11.3 Å². The lowest BCUT2D eigenvalue weighted by atomic mass is 10.2. The summed E-state index contributed by atoms with van der Waals surface area (Å²) in [5.74, 6) is -0.00211. The lowest BCUT2D eigenvalue weighted by Crippen LogP contribution is -2.33. The van der Waals surface area contributed by atoms with Gasteiger partial charge >= 0.3 is 0 Å². The van der Waals surface area contributed by atoms with Gasteiger partial charge in [0.1, 0.15) is 0 Å². The largest absolute Gasteiger partial charge is 0.306 e. The molecule has 1 heterocycles. The second-order valence-electron chi connectivity index (χ2n) is 4.48. The van der Waals surface area contributed by atoms with Gasteiger partial charge in [-0.3, -0.25) is 4.79 Å². The van der Waals surface area contributed by atoms with Crippen LogP contribution >= 0.6 is 11.3 Å². The van der Waals surface area contributed by atoms with Gasteiger partial charge in [-0.1, -0.05) is 6.92 Å². The van der Waals surface area contributed by atoms with Crippen molar-refractivity contribution in [1.82, 2.24) is 10.3 Å². The Morgan fingerprint density at radius 1 is 1.53 bits per heavy atom. The number of thiazole rings is 1. The van der Waals surface area contributed by atoms with Crippen molar-refractivity contribution in [2.75, 3.05) is 11.9 Å². The molecule has 17 heavy (non-hydrogen) atoms. The number of aromatic nitrogens is 1. The van der Waals surface area contributed by atoms with Gasteiger partial charge in [-0.2, -0.15) is 0 Å². The highest BCUT2D eigenvalue weighted by atomic mass is 32.1. The molecule has 5 heteroatoms. The first-order chi connectivity index (χ1) is 8.19. The number of nitrogens with one attached hydrogen (secondary N) is 2. The number of amides is 1. The van der Waals surface area contributed by atoms with Crippen molar-refractivity contribution in [3.05, 3.63) is 10.6 Å². The smallest absolute Gasteiger partial charge is 0.240 e. The molecule has 2 rings (SSSR count). The van der Waals surface area contributed by atoms with Gasteiger partial charge < -0.3 is 10.6 Å². The second kappa shape index (κ2) is 5.60. The van der Waals surface area contributed by atoms with Gasteiger partial charge in [0.05, 0.1) is 12.2 Å². The zero-order chi connectivity index (χ0) is 12.3. The molecule has 1 aliphatic rings. The van der Waals surface area contributed by atoms with E-state index >= 15 is 0 Å². The summed E-state index contributed by atoms with van der Waals surface area (Å²) in [6.07, 6.45) is 4.41. The molecule has 0 aliphatic heterocycles. The highest BCUT2D eigenvalue weighted by molar-refractivity contribution is 7.15. The third-order valence-electron chi connectivity index (χ3n) is 3.07. The molecular weight excluding hydrogens is 234 g/mol. The SMILES string of the molecule is CCC(C)NCC(=O)Nc1nc2c(s1)CCC2. The molecule has 1 aliphatic carbocycles. The molecule has 1 aromatic heterocycles. The van der Waals surface area contributed by atoms with Crippen molar-refractivity contribution in [3.63, 3.8) is 0 Å². The maximum Gasteiger partial charge on any atom is 0.240 e. The fourth-order valence-electron chi connectivity index (χ4n) is 1.82. The molecule has 0 spiro atoms. The van der Waals surface area contributed by atoms with Gasteiger partial charge in [0.25, 0.3) is 0 Å². The molecule has 0 aromatic carbocycles. The molecule has 0 fully saturated rings. The lowest BCUT2D eigenvalue weighted by Gasteiger charge is -2.10. The Bertz CT molecular complexity index is 381. The summed E-state index contributed by atoms with van der Waals surface area (Å²) in [6, 6.07) is 0.377. The summed E-state index contributed by atoms with van der Waals surface area (Å²) < 4.78 is 0. The van der Waals surface area contributed by atoms with Gasteiger partial charge in [0, 0.05) is 10.9 Å². The summed E-state index contributed by atoms with van der Waals surface area (Å²) in [4.78, 5) is 17.4. The van der Waals surface area contributed by atoms with E-state index in [2.05, 4.69) is 29.5 Å². The highest BCUT2D eigenvalue weighted by Gasteiger charge is 2.17. The van der Waals surface area contributed by atoms with Gasteiger partial charge in [-0.25, -0.2) is 4.98 Å². The van der Waals surface area contributed by atoms with Gasteiger partial charge in [0.2, 0.25) is 5.91 Å². The second-order valence-corrected chi connectivity index (χ2v) is 5.56. The summed E-state index contributed by atoms with van der Waals surface area (Å²) in [5, 5.41) is 6.78. The molecule has 0 bridgehead atoms. The number of nitrogens with zero attached hydrogens (tertiary/aromatic N) is 1. The van der Waals surface area contributed by atoms with Crippen molar-refractivity contribution in [3.8, 4) is 0 Å². The van der Waals surface area contributed by atoms with Crippen LogP contribution in [0.25, 0.3) is 0 Å². The summed E-state index contributed by atoms with van der Waals surface area (Å²) >= 11 is 1.62. The summed E-state index contributed by atoms with van der Waals surface area (Å²) in [5.41, 5.74) is 1.18. The first-order valence-electron chi connectivity index (χ1n) is 6.21. The van der Waals surface area contributed by atoms with Crippen LogP contribution in [0.5, 0.6) is 0 Å².